The molecule has 0 saturated heterocycles. The topological polar surface area (TPSA) is 84.5 Å². The van der Waals surface area contributed by atoms with Crippen LogP contribution in [0.3, 0.4) is 0 Å². The van der Waals surface area contributed by atoms with Gasteiger partial charge in [-0.05, 0) is 86.3 Å². The molecular formula is C38H15F3N6. The molecule has 0 atom stereocenters. The number of benzene rings is 4. The lowest BCUT2D eigenvalue weighted by atomic mass is 9.84. The smallest absolute Gasteiger partial charge is 0.238 e. The number of nitrogens with zero attached hydrogens (tertiary/aromatic N) is 6. The maximum absolute atomic E-state index is 14.5. The van der Waals surface area contributed by atoms with Gasteiger partial charge >= 0.3 is 6.18 Å². The van der Waals surface area contributed by atoms with E-state index >= 15 is 0 Å². The molecule has 0 spiro atoms. The van der Waals surface area contributed by atoms with Gasteiger partial charge in [0, 0.05) is 11.1 Å². The molecule has 0 heterocycles. The summed E-state index contributed by atoms with van der Waals surface area (Å²) in [6, 6.07) is 24.2. The Kier molecular flexibility index (Phi) is 7.04. The summed E-state index contributed by atoms with van der Waals surface area (Å²) in [5.41, 5.74) is 2.96. The summed E-state index contributed by atoms with van der Waals surface area (Å²) in [4.78, 5) is 10.2. The first-order chi connectivity index (χ1) is 22.6. The SMILES string of the molecule is [C-]#[N+]/C(C#N)=C1C2=C(/C(=C(\C#N)[N+]#[C-])c3cccc(-c4ccc(C#N)cc4C)c32)c2c\1cccc2-c1ccc([N+]#[C-])cc1C(F)(F)F. The molecule has 6 nitrogen and oxygen atoms in total. The predicted molar refractivity (Wildman–Crippen MR) is 170 cm³/mol. The third kappa shape index (κ3) is 4.45. The van der Waals surface area contributed by atoms with Gasteiger partial charge in [0.25, 0.3) is 11.4 Å². The van der Waals surface area contributed by atoms with Gasteiger partial charge in [-0.2, -0.15) is 18.4 Å². The van der Waals surface area contributed by atoms with Crippen LogP contribution in [0.4, 0.5) is 18.9 Å². The van der Waals surface area contributed by atoms with Crippen LogP contribution < -0.4 is 0 Å². The molecule has 0 aliphatic heterocycles. The fourth-order valence-corrected chi connectivity index (χ4v) is 6.40. The largest absolute Gasteiger partial charge is 0.415 e. The van der Waals surface area contributed by atoms with Crippen molar-refractivity contribution in [3.05, 3.63) is 157 Å². The lowest BCUT2D eigenvalue weighted by molar-refractivity contribution is -0.137. The number of hydrogen-bond donors (Lipinski definition) is 0. The second kappa shape index (κ2) is 11.1. The van der Waals surface area contributed by atoms with Crippen molar-refractivity contribution in [1.82, 2.24) is 0 Å². The van der Waals surface area contributed by atoms with Crippen molar-refractivity contribution in [2.75, 3.05) is 0 Å². The summed E-state index contributed by atoms with van der Waals surface area (Å²) < 4.78 is 43.6. The second-order valence-electron chi connectivity index (χ2n) is 10.6. The van der Waals surface area contributed by atoms with Crippen molar-refractivity contribution < 1.29 is 13.2 Å². The van der Waals surface area contributed by atoms with Gasteiger partial charge in [0.1, 0.15) is 0 Å². The van der Waals surface area contributed by atoms with Crippen molar-refractivity contribution >= 4 is 28.0 Å². The molecule has 47 heavy (non-hydrogen) atoms. The van der Waals surface area contributed by atoms with Crippen LogP contribution in [0.2, 0.25) is 0 Å². The highest BCUT2D eigenvalue weighted by atomic mass is 19.4. The number of alkyl halides is 3. The van der Waals surface area contributed by atoms with E-state index < -0.39 is 11.7 Å². The Labute approximate surface area is 267 Å². The normalized spacial score (nSPS) is 14.7. The summed E-state index contributed by atoms with van der Waals surface area (Å²) in [5.74, 6) is 0. The van der Waals surface area contributed by atoms with Gasteiger partial charge in [-0.1, -0.05) is 54.6 Å². The van der Waals surface area contributed by atoms with Crippen LogP contribution in [0.15, 0.2) is 84.2 Å². The maximum atomic E-state index is 14.5. The molecule has 6 rings (SSSR count). The molecule has 218 valence electrons. The second-order valence-corrected chi connectivity index (χ2v) is 10.6. The van der Waals surface area contributed by atoms with Gasteiger partial charge in [-0.15, -0.1) is 0 Å². The van der Waals surface area contributed by atoms with E-state index in [1.54, 1.807) is 42.5 Å². The van der Waals surface area contributed by atoms with E-state index in [0.717, 1.165) is 11.6 Å². The molecule has 0 aromatic heterocycles. The van der Waals surface area contributed by atoms with E-state index in [-0.39, 0.29) is 50.5 Å². The predicted octanol–water partition coefficient (Wildman–Crippen LogP) is 10.0. The first-order valence-electron chi connectivity index (χ1n) is 13.8. The number of halogens is 3. The Morgan fingerprint density at radius 3 is 1.62 bits per heavy atom. The number of aryl methyl sites for hydroxylation is 1. The minimum absolute atomic E-state index is 0.0970. The molecule has 0 fully saturated rings. The van der Waals surface area contributed by atoms with E-state index in [2.05, 4.69) is 20.6 Å². The zero-order valence-electron chi connectivity index (χ0n) is 24.2. The Morgan fingerprint density at radius 1 is 0.660 bits per heavy atom. The number of hydrogen-bond acceptors (Lipinski definition) is 3. The number of rotatable bonds is 2. The fourth-order valence-electron chi connectivity index (χ4n) is 6.40. The Hall–Kier alpha value is -7.17. The van der Waals surface area contributed by atoms with Gasteiger partial charge in [0.15, 0.2) is 5.69 Å². The lowest BCUT2D eigenvalue weighted by Crippen LogP contribution is -2.08. The third-order valence-electron chi connectivity index (χ3n) is 8.20. The molecule has 4 aromatic rings. The highest BCUT2D eigenvalue weighted by Crippen LogP contribution is 2.63. The zero-order chi connectivity index (χ0) is 33.6. The molecule has 2 aliphatic rings. The molecule has 0 radical (unpaired) electrons. The summed E-state index contributed by atoms with van der Waals surface area (Å²) in [6.07, 6.45) is -4.84. The van der Waals surface area contributed by atoms with E-state index in [0.29, 0.717) is 39.0 Å². The lowest BCUT2D eigenvalue weighted by Gasteiger charge is -2.20. The third-order valence-corrected chi connectivity index (χ3v) is 8.20. The Morgan fingerprint density at radius 2 is 1.17 bits per heavy atom. The Balaban J connectivity index is 1.83. The molecule has 0 amide bonds. The number of fused-ring (bicyclic) bond motifs is 4. The summed E-state index contributed by atoms with van der Waals surface area (Å²) >= 11 is 0. The van der Waals surface area contributed by atoms with E-state index in [4.69, 9.17) is 19.7 Å². The molecule has 0 bridgehead atoms. The first kappa shape index (κ1) is 29.9. The Bertz CT molecular complexity index is 2440. The number of nitriles is 3. The van der Waals surface area contributed by atoms with Crippen LogP contribution in [0.1, 0.15) is 38.9 Å². The first-order valence-corrected chi connectivity index (χ1v) is 13.8. The van der Waals surface area contributed by atoms with Crippen molar-refractivity contribution in [2.24, 2.45) is 0 Å². The monoisotopic (exact) mass is 612 g/mol. The van der Waals surface area contributed by atoms with E-state index in [1.165, 1.54) is 24.3 Å². The quantitative estimate of drug-likeness (QED) is 0.167. The van der Waals surface area contributed by atoms with Crippen molar-refractivity contribution in [3.63, 3.8) is 0 Å². The van der Waals surface area contributed by atoms with Gasteiger partial charge in [0.05, 0.1) is 49.1 Å². The van der Waals surface area contributed by atoms with Crippen molar-refractivity contribution in [1.29, 1.82) is 15.8 Å². The van der Waals surface area contributed by atoms with Crippen molar-refractivity contribution in [3.8, 4) is 40.5 Å². The summed E-state index contributed by atoms with van der Waals surface area (Å²) in [7, 11) is 0. The molecular weight excluding hydrogens is 597 g/mol. The highest BCUT2D eigenvalue weighted by molar-refractivity contribution is 6.39. The van der Waals surface area contributed by atoms with Crippen LogP contribution >= 0.6 is 0 Å². The van der Waals surface area contributed by atoms with Gasteiger partial charge in [-0.3, -0.25) is 0 Å². The maximum Gasteiger partial charge on any atom is 0.415 e. The number of allylic oxidation sites excluding steroid dienone is 6. The van der Waals surface area contributed by atoms with E-state index in [1.807, 2.05) is 19.1 Å². The zero-order valence-corrected chi connectivity index (χ0v) is 24.2. The highest BCUT2D eigenvalue weighted by Gasteiger charge is 2.43. The molecule has 2 aliphatic carbocycles. The molecule has 0 N–H and O–H groups in total. The van der Waals surface area contributed by atoms with Crippen LogP contribution in [0.25, 0.3) is 59.1 Å². The van der Waals surface area contributed by atoms with Gasteiger partial charge in [-0.25, -0.2) is 25.1 Å². The van der Waals surface area contributed by atoms with Crippen molar-refractivity contribution in [2.45, 2.75) is 13.1 Å². The van der Waals surface area contributed by atoms with Gasteiger partial charge < -0.3 is 0 Å². The van der Waals surface area contributed by atoms with Crippen LogP contribution in [-0.2, 0) is 6.18 Å². The minimum atomic E-state index is -4.84. The summed E-state index contributed by atoms with van der Waals surface area (Å²) in [6.45, 7) is 24.9. The van der Waals surface area contributed by atoms with Gasteiger partial charge in [0.2, 0.25) is 0 Å². The molecule has 0 saturated carbocycles. The van der Waals surface area contributed by atoms with Crippen LogP contribution in [-0.4, -0.2) is 0 Å². The molecule has 9 heteroatoms. The molecule has 4 aromatic carbocycles. The van der Waals surface area contributed by atoms with Crippen LogP contribution in [0.5, 0.6) is 0 Å². The average molecular weight is 613 g/mol. The standard InChI is InChI=1S/C38H15F3N6/c1-20-15-21(17-42)11-13-23(20)25-7-5-9-27-32(25)36-35(31(19-44)47-4)28-10-6-8-26(33(28)37(36)34(27)30(18-43)46-3)24-14-12-22(45-2)16-29(24)38(39,40)41/h5-16H,1H3/b34-30+,35-31-. The van der Waals surface area contributed by atoms with E-state index in [9.17, 15) is 29.0 Å². The molecule has 0 unspecified atom stereocenters. The summed E-state index contributed by atoms with van der Waals surface area (Å²) in [5, 5.41) is 29.8. The fraction of sp³-hybridized carbons (Fsp3) is 0.0526. The average Bonchev–Trinajstić information content (AvgIpc) is 3.58. The minimum Gasteiger partial charge on any atom is -0.238 e. The van der Waals surface area contributed by atoms with Crippen LogP contribution in [0, 0.1) is 60.6 Å².